The Hall–Kier alpha value is -1.33. The van der Waals surface area contributed by atoms with Gasteiger partial charge in [-0.2, -0.15) is 0 Å². The van der Waals surface area contributed by atoms with Gasteiger partial charge >= 0.3 is 0 Å². The Labute approximate surface area is 124 Å². The number of nitrogens with zero attached hydrogens (tertiary/aromatic N) is 1. The molecule has 0 bridgehead atoms. The molecule has 19 heavy (non-hydrogen) atoms. The number of thiophene rings is 1. The van der Waals surface area contributed by atoms with Crippen molar-refractivity contribution in [3.8, 4) is 5.75 Å². The fraction of sp³-hybridized carbons (Fsp3) is 0.214. The molecular weight excluding hydrogens is 326 g/mol. The van der Waals surface area contributed by atoms with E-state index in [9.17, 15) is 9.90 Å². The molecule has 0 aliphatic carbocycles. The molecule has 1 N–H and O–H groups in total. The van der Waals surface area contributed by atoms with E-state index in [-0.39, 0.29) is 17.7 Å². The first kappa shape index (κ1) is 14.1. The Balaban J connectivity index is 2.16. The van der Waals surface area contributed by atoms with Crippen LogP contribution in [0.4, 0.5) is 0 Å². The van der Waals surface area contributed by atoms with Gasteiger partial charge in [0.2, 0.25) is 0 Å². The monoisotopic (exact) mass is 339 g/mol. The number of phenols is 1. The molecule has 1 aromatic heterocycles. The molecule has 3 nitrogen and oxygen atoms in total. The lowest BCUT2D eigenvalue weighted by molar-refractivity contribution is 0.0743. The highest BCUT2D eigenvalue weighted by Gasteiger charge is 2.19. The molecule has 100 valence electrons. The second-order valence-electron chi connectivity index (χ2n) is 4.32. The van der Waals surface area contributed by atoms with Crippen molar-refractivity contribution < 1.29 is 9.90 Å². The molecule has 0 aliphatic heterocycles. The van der Waals surface area contributed by atoms with Gasteiger partial charge in [0, 0.05) is 12.4 Å². The Morgan fingerprint density at radius 3 is 2.53 bits per heavy atom. The summed E-state index contributed by atoms with van der Waals surface area (Å²) >= 11 is 4.86. The van der Waals surface area contributed by atoms with Crippen LogP contribution in [0.3, 0.4) is 0 Å². The lowest BCUT2D eigenvalue weighted by Crippen LogP contribution is -2.29. The van der Waals surface area contributed by atoms with Gasteiger partial charge in [0.25, 0.3) is 5.91 Å². The van der Waals surface area contributed by atoms with Crippen molar-refractivity contribution in [1.82, 2.24) is 4.90 Å². The highest BCUT2D eigenvalue weighted by Crippen LogP contribution is 2.26. The molecule has 0 fully saturated rings. The molecule has 0 spiro atoms. The summed E-state index contributed by atoms with van der Waals surface area (Å²) in [4.78, 5) is 14.0. The topological polar surface area (TPSA) is 40.5 Å². The first-order chi connectivity index (χ1) is 8.99. The number of amides is 1. The highest BCUT2D eigenvalue weighted by molar-refractivity contribution is 9.11. The Morgan fingerprint density at radius 1 is 1.37 bits per heavy atom. The van der Waals surface area contributed by atoms with Crippen molar-refractivity contribution in [2.75, 3.05) is 7.05 Å². The maximum absolute atomic E-state index is 12.3. The maximum Gasteiger partial charge on any atom is 0.254 e. The van der Waals surface area contributed by atoms with Gasteiger partial charge in [0.15, 0.2) is 0 Å². The highest BCUT2D eigenvalue weighted by atomic mass is 79.9. The molecule has 0 radical (unpaired) electrons. The maximum atomic E-state index is 12.3. The largest absolute Gasteiger partial charge is 0.508 e. The first-order valence-corrected chi connectivity index (χ1v) is 7.46. The molecule has 2 rings (SSSR count). The molecule has 0 aliphatic rings. The average Bonchev–Trinajstić information content (AvgIpc) is 2.84. The predicted octanol–water partition coefficient (Wildman–Crippen LogP) is 4.05. The first-order valence-electron chi connectivity index (χ1n) is 5.79. The van der Waals surface area contributed by atoms with E-state index in [4.69, 9.17) is 0 Å². The number of rotatable bonds is 3. The Kier molecular flexibility index (Phi) is 4.27. The van der Waals surface area contributed by atoms with Crippen LogP contribution in [0.15, 0.2) is 39.5 Å². The Morgan fingerprint density at radius 2 is 2.00 bits per heavy atom. The number of carbonyl (C=O) groups excluding carboxylic acids is 1. The van der Waals surface area contributed by atoms with Crippen LogP contribution in [-0.4, -0.2) is 23.0 Å². The van der Waals surface area contributed by atoms with E-state index in [0.717, 1.165) is 9.35 Å². The number of hydrogen-bond acceptors (Lipinski definition) is 3. The van der Waals surface area contributed by atoms with Crippen molar-refractivity contribution in [3.63, 3.8) is 0 Å². The van der Waals surface area contributed by atoms with E-state index < -0.39 is 0 Å². The van der Waals surface area contributed by atoms with Crippen LogP contribution in [0.2, 0.25) is 0 Å². The fourth-order valence-electron chi connectivity index (χ4n) is 1.78. The number of halogens is 1. The third kappa shape index (κ3) is 3.16. The third-order valence-corrected chi connectivity index (χ3v) is 4.60. The van der Waals surface area contributed by atoms with Crippen LogP contribution in [0, 0.1) is 0 Å². The van der Waals surface area contributed by atoms with E-state index in [0.29, 0.717) is 5.56 Å². The zero-order valence-corrected chi connectivity index (χ0v) is 13.0. The summed E-state index contributed by atoms with van der Waals surface area (Å²) < 4.78 is 0.946. The number of aromatic hydroxyl groups is 1. The molecular formula is C14H14BrNO2S. The molecule has 1 aromatic carbocycles. The minimum Gasteiger partial charge on any atom is -0.508 e. The number of hydrogen-bond donors (Lipinski definition) is 1. The van der Waals surface area contributed by atoms with Crippen molar-refractivity contribution in [2.24, 2.45) is 0 Å². The standard InChI is InChI=1S/C14H14BrNO2S/c1-9(10-3-5-12(17)6-4-10)16(2)14(18)11-7-13(15)19-8-11/h3-9,17H,1-2H3. The molecule has 0 saturated carbocycles. The molecule has 2 aromatic rings. The number of phenolic OH excluding ortho intramolecular Hbond substituents is 1. The van der Waals surface area contributed by atoms with Crippen LogP contribution in [-0.2, 0) is 0 Å². The lowest BCUT2D eigenvalue weighted by atomic mass is 10.1. The van der Waals surface area contributed by atoms with Gasteiger partial charge in [0.1, 0.15) is 5.75 Å². The molecule has 1 atom stereocenters. The van der Waals surface area contributed by atoms with Crippen LogP contribution in [0.25, 0.3) is 0 Å². The van der Waals surface area contributed by atoms with Crippen LogP contribution in [0.5, 0.6) is 5.75 Å². The summed E-state index contributed by atoms with van der Waals surface area (Å²) in [5, 5.41) is 11.1. The summed E-state index contributed by atoms with van der Waals surface area (Å²) in [5.41, 5.74) is 1.67. The van der Waals surface area contributed by atoms with E-state index in [1.165, 1.54) is 11.3 Å². The molecule has 1 heterocycles. The van der Waals surface area contributed by atoms with Gasteiger partial charge in [0.05, 0.1) is 15.4 Å². The van der Waals surface area contributed by atoms with Crippen molar-refractivity contribution in [2.45, 2.75) is 13.0 Å². The lowest BCUT2D eigenvalue weighted by Gasteiger charge is -2.25. The second kappa shape index (κ2) is 5.75. The third-order valence-electron chi connectivity index (χ3n) is 3.09. The van der Waals surface area contributed by atoms with E-state index >= 15 is 0 Å². The van der Waals surface area contributed by atoms with Crippen molar-refractivity contribution in [1.29, 1.82) is 0 Å². The zero-order valence-electron chi connectivity index (χ0n) is 10.6. The minimum absolute atomic E-state index is 0.0116. The smallest absolute Gasteiger partial charge is 0.254 e. The predicted molar refractivity (Wildman–Crippen MR) is 80.6 cm³/mol. The van der Waals surface area contributed by atoms with E-state index in [1.807, 2.05) is 30.5 Å². The van der Waals surface area contributed by atoms with Gasteiger partial charge in [-0.3, -0.25) is 4.79 Å². The van der Waals surface area contributed by atoms with Crippen LogP contribution in [0.1, 0.15) is 28.9 Å². The SMILES string of the molecule is CC(c1ccc(O)cc1)N(C)C(=O)c1csc(Br)c1. The van der Waals surface area contributed by atoms with E-state index in [1.54, 1.807) is 24.1 Å². The van der Waals surface area contributed by atoms with E-state index in [2.05, 4.69) is 15.9 Å². The number of benzene rings is 1. The van der Waals surface area contributed by atoms with Gasteiger partial charge < -0.3 is 10.0 Å². The molecule has 1 amide bonds. The van der Waals surface area contributed by atoms with Crippen LogP contribution < -0.4 is 0 Å². The summed E-state index contributed by atoms with van der Waals surface area (Å²) in [6.45, 7) is 1.96. The zero-order chi connectivity index (χ0) is 14.0. The van der Waals surface area contributed by atoms with Gasteiger partial charge in [-0.25, -0.2) is 0 Å². The van der Waals surface area contributed by atoms with Gasteiger partial charge in [-0.15, -0.1) is 11.3 Å². The van der Waals surface area contributed by atoms with Crippen molar-refractivity contribution >= 4 is 33.2 Å². The normalized spacial score (nSPS) is 12.2. The summed E-state index contributed by atoms with van der Waals surface area (Å²) in [5.74, 6) is 0.217. The molecule has 5 heteroatoms. The quantitative estimate of drug-likeness (QED) is 0.916. The molecule has 1 unspecified atom stereocenters. The number of carbonyl (C=O) groups is 1. The van der Waals surface area contributed by atoms with Gasteiger partial charge in [-0.1, -0.05) is 12.1 Å². The second-order valence-corrected chi connectivity index (χ2v) is 6.61. The van der Waals surface area contributed by atoms with Gasteiger partial charge in [-0.05, 0) is 46.6 Å². The van der Waals surface area contributed by atoms with Crippen molar-refractivity contribution in [3.05, 3.63) is 50.6 Å². The minimum atomic E-state index is -0.0493. The fourth-order valence-corrected chi connectivity index (χ4v) is 2.91. The molecule has 0 saturated heterocycles. The Bertz CT molecular complexity index is 579. The average molecular weight is 340 g/mol. The summed E-state index contributed by atoms with van der Waals surface area (Å²) in [6, 6.07) is 8.69. The summed E-state index contributed by atoms with van der Waals surface area (Å²) in [6.07, 6.45) is 0. The summed E-state index contributed by atoms with van der Waals surface area (Å²) in [7, 11) is 1.78. The van der Waals surface area contributed by atoms with Crippen LogP contribution >= 0.6 is 27.3 Å².